The molecular weight excluding hydrogens is 439 g/mol. The number of nitrogens with one attached hydrogen (secondary N) is 2. The van der Waals surface area contributed by atoms with Gasteiger partial charge in [0.05, 0.1) is 5.56 Å². The van der Waals surface area contributed by atoms with E-state index in [4.69, 9.17) is 16.6 Å². The molecule has 1 atom stereocenters. The summed E-state index contributed by atoms with van der Waals surface area (Å²) in [5.41, 5.74) is 3.42. The summed E-state index contributed by atoms with van der Waals surface area (Å²) in [6.07, 6.45) is 10.2. The molecule has 0 radical (unpaired) electrons. The van der Waals surface area contributed by atoms with E-state index >= 15 is 0 Å². The van der Waals surface area contributed by atoms with Crippen LogP contribution in [0.4, 0.5) is 15.9 Å². The van der Waals surface area contributed by atoms with Gasteiger partial charge in [0.2, 0.25) is 0 Å². The maximum absolute atomic E-state index is 14.6. The molecule has 8 heteroatoms. The average molecular weight is 467 g/mol. The van der Waals surface area contributed by atoms with Gasteiger partial charge < -0.3 is 15.5 Å². The maximum Gasteiger partial charge on any atom is 0.164 e. The molecule has 2 aliphatic rings. The standard InChI is InChI=1S/C25H28ClFN6/c1-33-11-10-29-23(15-33)20-13-28-9-8-22(20)31-25-19(16-4-2-3-5-16)14-30-24(32-25)18-12-17(26)6-7-21(18)27/h6-9,12-14,16,23,29H,2-5,10-11,15H2,1H3,(H,28,30,31,32). The highest BCUT2D eigenvalue weighted by Gasteiger charge is 2.25. The number of halogens is 2. The van der Waals surface area contributed by atoms with Crippen LogP contribution >= 0.6 is 11.6 Å². The fraction of sp³-hybridized carbons (Fsp3) is 0.400. The van der Waals surface area contributed by atoms with Crippen molar-refractivity contribution in [3.05, 3.63) is 64.8 Å². The molecule has 33 heavy (non-hydrogen) atoms. The molecular formula is C25H28ClFN6. The minimum Gasteiger partial charge on any atom is -0.340 e. The molecule has 3 aromatic rings. The van der Waals surface area contributed by atoms with E-state index in [1.165, 1.54) is 25.0 Å². The number of pyridine rings is 1. The van der Waals surface area contributed by atoms with Crippen LogP contribution in [0, 0.1) is 5.82 Å². The van der Waals surface area contributed by atoms with Crippen LogP contribution in [0.3, 0.4) is 0 Å². The van der Waals surface area contributed by atoms with Gasteiger partial charge in [0.15, 0.2) is 5.82 Å². The summed E-state index contributed by atoms with van der Waals surface area (Å²) in [6.45, 7) is 2.85. The molecule has 2 N–H and O–H groups in total. The second-order valence-electron chi connectivity index (χ2n) is 8.96. The first-order chi connectivity index (χ1) is 16.1. The summed E-state index contributed by atoms with van der Waals surface area (Å²) < 4.78 is 14.6. The van der Waals surface area contributed by atoms with E-state index in [1.807, 2.05) is 18.5 Å². The summed E-state index contributed by atoms with van der Waals surface area (Å²) in [7, 11) is 2.13. The van der Waals surface area contributed by atoms with E-state index < -0.39 is 5.82 Å². The van der Waals surface area contributed by atoms with Gasteiger partial charge in [-0.2, -0.15) is 0 Å². The Morgan fingerprint density at radius 3 is 2.82 bits per heavy atom. The smallest absolute Gasteiger partial charge is 0.164 e. The average Bonchev–Trinajstić information content (AvgIpc) is 3.36. The monoisotopic (exact) mass is 466 g/mol. The Bertz CT molecular complexity index is 1130. The van der Waals surface area contributed by atoms with E-state index in [1.54, 1.807) is 12.3 Å². The quantitative estimate of drug-likeness (QED) is 0.531. The zero-order chi connectivity index (χ0) is 22.8. The largest absolute Gasteiger partial charge is 0.340 e. The van der Waals surface area contributed by atoms with Crippen LogP contribution in [-0.2, 0) is 0 Å². The number of hydrogen-bond acceptors (Lipinski definition) is 6. The summed E-state index contributed by atoms with van der Waals surface area (Å²) in [4.78, 5) is 16.0. The highest BCUT2D eigenvalue weighted by atomic mass is 35.5. The minimum atomic E-state index is -0.391. The highest BCUT2D eigenvalue weighted by molar-refractivity contribution is 6.30. The van der Waals surface area contributed by atoms with Gasteiger partial charge in [0, 0.05) is 66.1 Å². The van der Waals surface area contributed by atoms with E-state index in [0.717, 1.165) is 55.1 Å². The second kappa shape index (κ2) is 9.71. The number of nitrogens with zero attached hydrogens (tertiary/aromatic N) is 4. The van der Waals surface area contributed by atoms with E-state index in [9.17, 15) is 4.39 Å². The molecule has 1 aliphatic heterocycles. The first-order valence-electron chi connectivity index (χ1n) is 11.5. The van der Waals surface area contributed by atoms with Gasteiger partial charge in [-0.05, 0) is 50.1 Å². The van der Waals surface area contributed by atoms with Gasteiger partial charge in [-0.15, -0.1) is 0 Å². The van der Waals surface area contributed by atoms with Crippen LogP contribution in [0.2, 0.25) is 5.02 Å². The number of rotatable bonds is 5. The SMILES string of the molecule is CN1CCNC(c2cnccc2Nc2nc(-c3cc(Cl)ccc3F)ncc2C2CCCC2)C1. The Morgan fingerprint density at radius 2 is 2.00 bits per heavy atom. The van der Waals surface area contributed by atoms with Crippen molar-refractivity contribution in [2.75, 3.05) is 32.0 Å². The Hall–Kier alpha value is -2.61. The fourth-order valence-electron chi connectivity index (χ4n) is 4.86. The Balaban J connectivity index is 1.55. The summed E-state index contributed by atoms with van der Waals surface area (Å²) >= 11 is 6.13. The predicted octanol–water partition coefficient (Wildman–Crippen LogP) is 5.31. The lowest BCUT2D eigenvalue weighted by Crippen LogP contribution is -2.43. The minimum absolute atomic E-state index is 0.168. The second-order valence-corrected chi connectivity index (χ2v) is 9.40. The molecule has 1 aromatic carbocycles. The molecule has 6 nitrogen and oxygen atoms in total. The van der Waals surface area contributed by atoms with Crippen LogP contribution in [0.25, 0.3) is 11.4 Å². The third-order valence-electron chi connectivity index (χ3n) is 6.64. The highest BCUT2D eigenvalue weighted by Crippen LogP contribution is 2.39. The molecule has 172 valence electrons. The maximum atomic E-state index is 14.6. The summed E-state index contributed by atoms with van der Waals surface area (Å²) in [5.74, 6) is 1.06. The predicted molar refractivity (Wildman–Crippen MR) is 129 cm³/mol. The van der Waals surface area contributed by atoms with Gasteiger partial charge in [-0.25, -0.2) is 14.4 Å². The first-order valence-corrected chi connectivity index (χ1v) is 11.9. The van der Waals surface area contributed by atoms with Crippen molar-refractivity contribution in [3.63, 3.8) is 0 Å². The lowest BCUT2D eigenvalue weighted by Gasteiger charge is -2.32. The third-order valence-corrected chi connectivity index (χ3v) is 6.88. The molecule has 5 rings (SSSR count). The van der Waals surface area contributed by atoms with Gasteiger partial charge in [-0.1, -0.05) is 24.4 Å². The lowest BCUT2D eigenvalue weighted by atomic mass is 9.99. The Labute approximate surface area is 198 Å². The Kier molecular flexibility index (Phi) is 6.53. The van der Waals surface area contributed by atoms with Crippen LogP contribution in [0.5, 0.6) is 0 Å². The first kappa shape index (κ1) is 22.2. The molecule has 1 aliphatic carbocycles. The third kappa shape index (κ3) is 4.86. The molecule has 0 amide bonds. The zero-order valence-electron chi connectivity index (χ0n) is 18.7. The van der Waals surface area contributed by atoms with E-state index in [-0.39, 0.29) is 6.04 Å². The summed E-state index contributed by atoms with van der Waals surface area (Å²) in [6, 6.07) is 6.60. The van der Waals surface area contributed by atoms with Crippen molar-refractivity contribution in [1.82, 2.24) is 25.2 Å². The van der Waals surface area contributed by atoms with Gasteiger partial charge in [0.25, 0.3) is 0 Å². The van der Waals surface area contributed by atoms with Crippen molar-refractivity contribution in [1.29, 1.82) is 0 Å². The number of anilines is 2. The lowest BCUT2D eigenvalue weighted by molar-refractivity contribution is 0.241. The van der Waals surface area contributed by atoms with Crippen molar-refractivity contribution >= 4 is 23.1 Å². The van der Waals surface area contributed by atoms with Crippen molar-refractivity contribution in [2.24, 2.45) is 0 Å². The van der Waals surface area contributed by atoms with Crippen molar-refractivity contribution in [3.8, 4) is 11.4 Å². The van der Waals surface area contributed by atoms with Gasteiger partial charge in [0.1, 0.15) is 11.6 Å². The fourth-order valence-corrected chi connectivity index (χ4v) is 5.03. The van der Waals surface area contributed by atoms with Crippen LogP contribution in [-0.4, -0.2) is 46.5 Å². The topological polar surface area (TPSA) is 66.0 Å². The summed E-state index contributed by atoms with van der Waals surface area (Å²) in [5, 5.41) is 7.62. The number of aromatic nitrogens is 3. The number of benzene rings is 1. The zero-order valence-corrected chi connectivity index (χ0v) is 19.4. The molecule has 3 heterocycles. The Morgan fingerprint density at radius 1 is 1.15 bits per heavy atom. The molecule has 1 unspecified atom stereocenters. The van der Waals surface area contributed by atoms with Crippen molar-refractivity contribution < 1.29 is 4.39 Å². The number of piperazine rings is 1. The molecule has 2 fully saturated rings. The van der Waals surface area contributed by atoms with E-state index in [0.29, 0.717) is 22.3 Å². The van der Waals surface area contributed by atoms with Crippen molar-refractivity contribution in [2.45, 2.75) is 37.6 Å². The molecule has 1 saturated carbocycles. The molecule has 0 spiro atoms. The molecule has 0 bridgehead atoms. The number of likely N-dealkylation sites (N-methyl/N-ethyl adjacent to an activating group) is 1. The van der Waals surface area contributed by atoms with Gasteiger partial charge >= 0.3 is 0 Å². The van der Waals surface area contributed by atoms with Crippen LogP contribution < -0.4 is 10.6 Å². The van der Waals surface area contributed by atoms with Crippen LogP contribution in [0.1, 0.15) is 48.8 Å². The molecule has 1 saturated heterocycles. The molecule has 2 aromatic heterocycles. The van der Waals surface area contributed by atoms with E-state index in [2.05, 4.69) is 32.5 Å². The van der Waals surface area contributed by atoms with Crippen LogP contribution in [0.15, 0.2) is 42.9 Å². The normalized spacial score (nSPS) is 19.7. The number of hydrogen-bond donors (Lipinski definition) is 2. The van der Waals surface area contributed by atoms with Gasteiger partial charge in [-0.3, -0.25) is 4.98 Å².